The maximum atomic E-state index is 12.8. The molecule has 0 aliphatic rings. The molecule has 5 heteroatoms. The van der Waals surface area contributed by atoms with Crippen LogP contribution < -0.4 is 5.32 Å². The maximum absolute atomic E-state index is 12.8. The van der Waals surface area contributed by atoms with Gasteiger partial charge in [0, 0.05) is 42.9 Å². The number of carbonyl (C=O) groups excluding carboxylic acids is 1. The van der Waals surface area contributed by atoms with Crippen LogP contribution in [0.4, 0.5) is 0 Å². The van der Waals surface area contributed by atoms with Gasteiger partial charge in [0.15, 0.2) is 0 Å². The fraction of sp³-hybridized carbons (Fsp3) is 0.182. The lowest BCUT2D eigenvalue weighted by Crippen LogP contribution is -2.25. The van der Waals surface area contributed by atoms with Crippen molar-refractivity contribution in [3.63, 3.8) is 0 Å². The number of aryl methyl sites for hydroxylation is 1. The molecule has 136 valence electrons. The Balaban J connectivity index is 1.48. The lowest BCUT2D eigenvalue weighted by Gasteiger charge is -2.10. The second-order valence-electron chi connectivity index (χ2n) is 6.57. The summed E-state index contributed by atoms with van der Waals surface area (Å²) < 4.78 is 4.08. The number of carbonyl (C=O) groups is 1. The molecule has 1 N–H and O–H groups in total. The van der Waals surface area contributed by atoms with Crippen LogP contribution in [0.3, 0.4) is 0 Å². The smallest absolute Gasteiger partial charge is 0.268 e. The number of aromatic nitrogens is 3. The molecule has 0 bridgehead atoms. The van der Waals surface area contributed by atoms with Crippen molar-refractivity contribution in [2.24, 2.45) is 0 Å². The number of fused-ring (bicyclic) bond motifs is 1. The summed E-state index contributed by atoms with van der Waals surface area (Å²) in [5.74, 6) is -0.0481. The molecule has 27 heavy (non-hydrogen) atoms. The zero-order chi connectivity index (χ0) is 18.6. The fourth-order valence-electron chi connectivity index (χ4n) is 3.44. The van der Waals surface area contributed by atoms with E-state index < -0.39 is 0 Å². The molecule has 4 rings (SSSR count). The van der Waals surface area contributed by atoms with Gasteiger partial charge < -0.3 is 14.5 Å². The average Bonchev–Trinajstić information content (AvgIpc) is 3.33. The summed E-state index contributed by atoms with van der Waals surface area (Å²) >= 11 is 0. The summed E-state index contributed by atoms with van der Waals surface area (Å²) in [6.45, 7) is 4.09. The molecule has 0 unspecified atom stereocenters. The third-order valence-electron chi connectivity index (χ3n) is 4.73. The summed E-state index contributed by atoms with van der Waals surface area (Å²) in [6.07, 6.45) is 5.52. The highest BCUT2D eigenvalue weighted by Gasteiger charge is 2.14. The molecule has 2 aromatic carbocycles. The average molecular weight is 358 g/mol. The van der Waals surface area contributed by atoms with Crippen LogP contribution in [0.15, 0.2) is 73.3 Å². The number of benzene rings is 2. The summed E-state index contributed by atoms with van der Waals surface area (Å²) in [6, 6.07) is 18.3. The van der Waals surface area contributed by atoms with E-state index in [-0.39, 0.29) is 5.91 Å². The second-order valence-corrected chi connectivity index (χ2v) is 6.57. The first-order chi connectivity index (χ1) is 13.2. The summed E-state index contributed by atoms with van der Waals surface area (Å²) in [7, 11) is 0. The summed E-state index contributed by atoms with van der Waals surface area (Å²) in [5.41, 5.74) is 4.06. The molecule has 0 aliphatic heterocycles. The Hall–Kier alpha value is -3.34. The SMILES string of the molecule is CCn1c(C(=O)NCc2cccc(Cn3ccnc3)c2)cc2ccccc21. The molecule has 0 spiro atoms. The van der Waals surface area contributed by atoms with E-state index in [4.69, 9.17) is 0 Å². The van der Waals surface area contributed by atoms with Crippen molar-refractivity contribution >= 4 is 16.8 Å². The van der Waals surface area contributed by atoms with Crippen molar-refractivity contribution in [3.05, 3.63) is 90.1 Å². The molecule has 0 saturated heterocycles. The Bertz CT molecular complexity index is 1060. The molecular weight excluding hydrogens is 336 g/mol. The highest BCUT2D eigenvalue weighted by molar-refractivity contribution is 5.98. The Labute approximate surface area is 158 Å². The number of nitrogens with zero attached hydrogens (tertiary/aromatic N) is 3. The highest BCUT2D eigenvalue weighted by atomic mass is 16.1. The van der Waals surface area contributed by atoms with E-state index in [9.17, 15) is 4.79 Å². The number of imidazole rings is 1. The Morgan fingerprint density at radius 1 is 1.07 bits per heavy atom. The maximum Gasteiger partial charge on any atom is 0.268 e. The minimum atomic E-state index is -0.0481. The van der Waals surface area contributed by atoms with E-state index in [0.717, 1.165) is 29.6 Å². The molecule has 2 heterocycles. The third-order valence-corrected chi connectivity index (χ3v) is 4.73. The van der Waals surface area contributed by atoms with Crippen molar-refractivity contribution in [2.45, 2.75) is 26.6 Å². The van der Waals surface area contributed by atoms with Crippen molar-refractivity contribution in [3.8, 4) is 0 Å². The lowest BCUT2D eigenvalue weighted by atomic mass is 10.1. The second kappa shape index (κ2) is 7.50. The van der Waals surface area contributed by atoms with Gasteiger partial charge >= 0.3 is 0 Å². The van der Waals surface area contributed by atoms with Crippen LogP contribution in [-0.2, 0) is 19.6 Å². The zero-order valence-electron chi connectivity index (χ0n) is 15.3. The number of para-hydroxylation sites is 1. The number of hydrogen-bond donors (Lipinski definition) is 1. The summed E-state index contributed by atoms with van der Waals surface area (Å²) in [5, 5.41) is 4.15. The third kappa shape index (κ3) is 3.62. The highest BCUT2D eigenvalue weighted by Crippen LogP contribution is 2.20. The number of rotatable bonds is 6. The number of nitrogens with one attached hydrogen (secondary N) is 1. The van der Waals surface area contributed by atoms with Gasteiger partial charge in [0.05, 0.1) is 6.33 Å². The molecule has 4 aromatic rings. The minimum absolute atomic E-state index is 0.0481. The standard InChI is InChI=1S/C22H22N4O/c1-2-26-20-9-4-3-8-19(20)13-21(26)22(27)24-14-17-6-5-7-18(12-17)15-25-11-10-23-16-25/h3-13,16H,2,14-15H2,1H3,(H,24,27). The first-order valence-corrected chi connectivity index (χ1v) is 9.14. The van der Waals surface area contributed by atoms with Gasteiger partial charge in [-0.2, -0.15) is 0 Å². The van der Waals surface area contributed by atoms with Gasteiger partial charge in [-0.1, -0.05) is 42.5 Å². The lowest BCUT2D eigenvalue weighted by molar-refractivity contribution is 0.0942. The molecule has 0 fully saturated rings. The summed E-state index contributed by atoms with van der Waals surface area (Å²) in [4.78, 5) is 16.8. The van der Waals surface area contributed by atoms with Gasteiger partial charge in [-0.15, -0.1) is 0 Å². The van der Waals surface area contributed by atoms with Crippen LogP contribution in [-0.4, -0.2) is 20.0 Å². The van der Waals surface area contributed by atoms with Crippen molar-refractivity contribution in [2.75, 3.05) is 0 Å². The van der Waals surface area contributed by atoms with E-state index in [0.29, 0.717) is 12.2 Å². The molecule has 0 saturated carbocycles. The van der Waals surface area contributed by atoms with Crippen LogP contribution in [0.1, 0.15) is 28.5 Å². The minimum Gasteiger partial charge on any atom is -0.347 e. The van der Waals surface area contributed by atoms with Crippen LogP contribution in [0.5, 0.6) is 0 Å². The normalized spacial score (nSPS) is 11.0. The van der Waals surface area contributed by atoms with Crippen LogP contribution in [0, 0.1) is 0 Å². The van der Waals surface area contributed by atoms with E-state index in [1.807, 2.05) is 47.2 Å². The topological polar surface area (TPSA) is 51.9 Å². The monoisotopic (exact) mass is 358 g/mol. The molecule has 0 aliphatic carbocycles. The van der Waals surface area contributed by atoms with E-state index in [1.54, 1.807) is 12.5 Å². The number of hydrogen-bond acceptors (Lipinski definition) is 2. The zero-order valence-corrected chi connectivity index (χ0v) is 15.3. The van der Waals surface area contributed by atoms with Crippen molar-refractivity contribution < 1.29 is 4.79 Å². The van der Waals surface area contributed by atoms with E-state index >= 15 is 0 Å². The van der Waals surface area contributed by atoms with E-state index in [1.165, 1.54) is 5.56 Å². The molecular formula is C22H22N4O. The Kier molecular flexibility index (Phi) is 4.75. The van der Waals surface area contributed by atoms with Crippen LogP contribution >= 0.6 is 0 Å². The molecule has 0 atom stereocenters. The van der Waals surface area contributed by atoms with Gasteiger partial charge in [-0.3, -0.25) is 4.79 Å². The fourth-order valence-corrected chi connectivity index (χ4v) is 3.44. The van der Waals surface area contributed by atoms with Gasteiger partial charge in [0.1, 0.15) is 5.69 Å². The quantitative estimate of drug-likeness (QED) is 0.569. The van der Waals surface area contributed by atoms with E-state index in [2.05, 4.69) is 40.0 Å². The predicted octanol–water partition coefficient (Wildman–Crippen LogP) is 3.84. The van der Waals surface area contributed by atoms with Gasteiger partial charge in [0.2, 0.25) is 0 Å². The molecule has 5 nitrogen and oxygen atoms in total. The molecule has 0 radical (unpaired) electrons. The molecule has 1 amide bonds. The van der Waals surface area contributed by atoms with Crippen molar-refractivity contribution in [1.82, 2.24) is 19.4 Å². The first kappa shape index (κ1) is 17.1. The molecule has 2 aromatic heterocycles. The Morgan fingerprint density at radius 2 is 1.93 bits per heavy atom. The number of amides is 1. The van der Waals surface area contributed by atoms with Gasteiger partial charge in [-0.25, -0.2) is 4.98 Å². The predicted molar refractivity (Wildman–Crippen MR) is 107 cm³/mol. The van der Waals surface area contributed by atoms with Crippen LogP contribution in [0.25, 0.3) is 10.9 Å². The first-order valence-electron chi connectivity index (χ1n) is 9.14. The largest absolute Gasteiger partial charge is 0.347 e. The Morgan fingerprint density at radius 3 is 2.74 bits per heavy atom. The van der Waals surface area contributed by atoms with Crippen molar-refractivity contribution in [1.29, 1.82) is 0 Å². The van der Waals surface area contributed by atoms with Gasteiger partial charge in [0.25, 0.3) is 5.91 Å². The van der Waals surface area contributed by atoms with Crippen LogP contribution in [0.2, 0.25) is 0 Å². The van der Waals surface area contributed by atoms with Gasteiger partial charge in [-0.05, 0) is 30.2 Å².